The van der Waals surface area contributed by atoms with Crippen molar-refractivity contribution in [1.82, 2.24) is 4.98 Å². The highest BCUT2D eigenvalue weighted by Crippen LogP contribution is 2.18. The topological polar surface area (TPSA) is 38.9 Å². The summed E-state index contributed by atoms with van der Waals surface area (Å²) in [6.45, 7) is 4.16. The maximum atomic E-state index is 5.77. The number of halogens is 1. The van der Waals surface area contributed by atoms with E-state index < -0.39 is 0 Å². The van der Waals surface area contributed by atoms with Crippen LogP contribution in [0.25, 0.3) is 0 Å². The number of pyridine rings is 1. The summed E-state index contributed by atoms with van der Waals surface area (Å²) < 4.78 is 0. The molecule has 2 nitrogen and oxygen atoms in total. The van der Waals surface area contributed by atoms with E-state index in [9.17, 15) is 0 Å². The lowest BCUT2D eigenvalue weighted by atomic mass is 10.00. The van der Waals surface area contributed by atoms with Crippen LogP contribution in [-0.4, -0.2) is 10.9 Å². The minimum absolute atomic E-state index is 0.451. The fourth-order valence-corrected chi connectivity index (χ4v) is 1.39. The van der Waals surface area contributed by atoms with Crippen LogP contribution in [0, 0.1) is 12.8 Å². The Morgan fingerprint density at radius 1 is 1.62 bits per heavy atom. The highest BCUT2D eigenvalue weighted by Gasteiger charge is 2.08. The van der Waals surface area contributed by atoms with Gasteiger partial charge in [-0.3, -0.25) is 0 Å². The lowest BCUT2D eigenvalue weighted by Gasteiger charge is -2.11. The maximum Gasteiger partial charge on any atom is 0.126 e. The standard InChI is InChI=1S/C10H15ClN2/c1-7(6-11)5-9-8(2)3-4-13-10(9)12/h3-4,7H,5-6H2,1-2H3,(H2,12,13). The molecule has 1 rings (SSSR count). The smallest absolute Gasteiger partial charge is 0.126 e. The van der Waals surface area contributed by atoms with Crippen LogP contribution in [0.15, 0.2) is 12.3 Å². The third-order valence-electron chi connectivity index (χ3n) is 2.14. The van der Waals surface area contributed by atoms with Crippen LogP contribution >= 0.6 is 11.6 Å². The average molecular weight is 199 g/mol. The number of hydrogen-bond acceptors (Lipinski definition) is 2. The van der Waals surface area contributed by atoms with Gasteiger partial charge >= 0.3 is 0 Å². The summed E-state index contributed by atoms with van der Waals surface area (Å²) in [7, 11) is 0. The quantitative estimate of drug-likeness (QED) is 0.758. The third-order valence-corrected chi connectivity index (χ3v) is 2.67. The maximum absolute atomic E-state index is 5.77. The summed E-state index contributed by atoms with van der Waals surface area (Å²) in [6, 6.07) is 1.98. The lowest BCUT2D eigenvalue weighted by molar-refractivity contribution is 0.652. The Balaban J connectivity index is 2.87. The van der Waals surface area contributed by atoms with Gasteiger partial charge in [-0.05, 0) is 36.5 Å². The van der Waals surface area contributed by atoms with Crippen molar-refractivity contribution in [1.29, 1.82) is 0 Å². The summed E-state index contributed by atoms with van der Waals surface area (Å²) in [5.41, 5.74) is 8.10. The van der Waals surface area contributed by atoms with E-state index in [0.29, 0.717) is 17.6 Å². The molecule has 1 heterocycles. The molecule has 0 radical (unpaired) electrons. The predicted molar refractivity (Wildman–Crippen MR) is 57.0 cm³/mol. The first-order valence-corrected chi connectivity index (χ1v) is 4.94. The van der Waals surface area contributed by atoms with E-state index in [1.54, 1.807) is 6.20 Å². The third kappa shape index (κ3) is 2.59. The Hall–Kier alpha value is -0.760. The first kappa shape index (κ1) is 10.3. The molecule has 13 heavy (non-hydrogen) atoms. The molecule has 2 N–H and O–H groups in total. The van der Waals surface area contributed by atoms with Crippen LogP contribution in [0.1, 0.15) is 18.1 Å². The van der Waals surface area contributed by atoms with Crippen LogP contribution in [0.5, 0.6) is 0 Å². The Morgan fingerprint density at radius 2 is 2.31 bits per heavy atom. The molecule has 1 unspecified atom stereocenters. The molecule has 1 aromatic heterocycles. The predicted octanol–water partition coefficient (Wildman–Crippen LogP) is 2.39. The Kier molecular flexibility index (Phi) is 3.55. The summed E-state index contributed by atoms with van der Waals surface area (Å²) in [4.78, 5) is 4.06. The molecule has 0 saturated heterocycles. The van der Waals surface area contributed by atoms with Crippen molar-refractivity contribution in [2.45, 2.75) is 20.3 Å². The van der Waals surface area contributed by atoms with Crippen LogP contribution in [-0.2, 0) is 6.42 Å². The van der Waals surface area contributed by atoms with Crippen molar-refractivity contribution in [2.75, 3.05) is 11.6 Å². The van der Waals surface area contributed by atoms with Gasteiger partial charge in [-0.2, -0.15) is 0 Å². The Bertz CT molecular complexity index is 266. The molecular weight excluding hydrogens is 184 g/mol. The van der Waals surface area contributed by atoms with E-state index >= 15 is 0 Å². The molecule has 1 aromatic rings. The second-order valence-corrected chi connectivity index (χ2v) is 3.76. The highest BCUT2D eigenvalue weighted by molar-refractivity contribution is 6.18. The lowest BCUT2D eigenvalue weighted by Crippen LogP contribution is -2.07. The first-order valence-electron chi connectivity index (χ1n) is 4.41. The van der Waals surface area contributed by atoms with Gasteiger partial charge in [0, 0.05) is 12.1 Å². The number of nitrogens with zero attached hydrogens (tertiary/aromatic N) is 1. The molecule has 72 valence electrons. The van der Waals surface area contributed by atoms with Crippen molar-refractivity contribution >= 4 is 17.4 Å². The Morgan fingerprint density at radius 3 is 2.85 bits per heavy atom. The van der Waals surface area contributed by atoms with Gasteiger partial charge < -0.3 is 5.73 Å². The van der Waals surface area contributed by atoms with Crippen LogP contribution in [0.2, 0.25) is 0 Å². The summed E-state index contributed by atoms with van der Waals surface area (Å²) in [6.07, 6.45) is 2.65. The zero-order chi connectivity index (χ0) is 9.84. The second kappa shape index (κ2) is 4.47. The van der Waals surface area contributed by atoms with E-state index in [4.69, 9.17) is 17.3 Å². The summed E-state index contributed by atoms with van der Waals surface area (Å²) in [5.74, 6) is 1.75. The van der Waals surface area contributed by atoms with E-state index in [2.05, 4.69) is 11.9 Å². The zero-order valence-corrected chi connectivity index (χ0v) is 8.80. The molecule has 0 bridgehead atoms. The van der Waals surface area contributed by atoms with E-state index in [-0.39, 0.29) is 0 Å². The normalized spacial score (nSPS) is 12.8. The van der Waals surface area contributed by atoms with Crippen molar-refractivity contribution in [3.8, 4) is 0 Å². The molecule has 0 fully saturated rings. The van der Waals surface area contributed by atoms with Gasteiger partial charge in [-0.25, -0.2) is 4.98 Å². The molecule has 0 spiro atoms. The molecule has 3 heteroatoms. The zero-order valence-electron chi connectivity index (χ0n) is 8.05. The molecular formula is C10H15ClN2. The fraction of sp³-hybridized carbons (Fsp3) is 0.500. The van der Waals surface area contributed by atoms with E-state index in [1.807, 2.05) is 13.0 Å². The average Bonchev–Trinajstić information content (AvgIpc) is 2.11. The van der Waals surface area contributed by atoms with Gasteiger partial charge in [0.05, 0.1) is 0 Å². The molecule has 1 atom stereocenters. The number of nitrogens with two attached hydrogens (primary N) is 1. The van der Waals surface area contributed by atoms with Gasteiger partial charge in [-0.1, -0.05) is 6.92 Å². The number of aromatic nitrogens is 1. The second-order valence-electron chi connectivity index (χ2n) is 3.46. The molecule has 0 aromatic carbocycles. The van der Waals surface area contributed by atoms with E-state index in [0.717, 1.165) is 12.0 Å². The van der Waals surface area contributed by atoms with Gasteiger partial charge in [0.25, 0.3) is 0 Å². The minimum Gasteiger partial charge on any atom is -0.383 e. The van der Waals surface area contributed by atoms with Crippen molar-refractivity contribution in [3.63, 3.8) is 0 Å². The van der Waals surface area contributed by atoms with Crippen LogP contribution < -0.4 is 5.73 Å². The van der Waals surface area contributed by atoms with E-state index in [1.165, 1.54) is 5.56 Å². The fourth-order valence-electron chi connectivity index (χ4n) is 1.28. The summed E-state index contributed by atoms with van der Waals surface area (Å²) in [5, 5.41) is 0. The van der Waals surface area contributed by atoms with Crippen LogP contribution in [0.4, 0.5) is 5.82 Å². The summed E-state index contributed by atoms with van der Waals surface area (Å²) >= 11 is 5.75. The van der Waals surface area contributed by atoms with Crippen molar-refractivity contribution < 1.29 is 0 Å². The molecule has 0 amide bonds. The molecule has 0 aliphatic heterocycles. The Labute approximate surface area is 84.1 Å². The molecule has 0 saturated carbocycles. The number of rotatable bonds is 3. The van der Waals surface area contributed by atoms with Gasteiger partial charge in [-0.15, -0.1) is 11.6 Å². The van der Waals surface area contributed by atoms with Gasteiger partial charge in [0.2, 0.25) is 0 Å². The first-order chi connectivity index (χ1) is 6.15. The van der Waals surface area contributed by atoms with Crippen molar-refractivity contribution in [2.24, 2.45) is 5.92 Å². The SMILES string of the molecule is Cc1ccnc(N)c1CC(C)CCl. The van der Waals surface area contributed by atoms with Gasteiger partial charge in [0.15, 0.2) is 0 Å². The number of hydrogen-bond donors (Lipinski definition) is 1. The molecule has 0 aliphatic rings. The number of aryl methyl sites for hydroxylation is 1. The highest BCUT2D eigenvalue weighted by atomic mass is 35.5. The number of nitrogen functional groups attached to an aromatic ring is 1. The number of anilines is 1. The molecule has 0 aliphatic carbocycles. The number of alkyl halides is 1. The monoisotopic (exact) mass is 198 g/mol. The largest absolute Gasteiger partial charge is 0.383 e. The van der Waals surface area contributed by atoms with Crippen molar-refractivity contribution in [3.05, 3.63) is 23.4 Å². The minimum atomic E-state index is 0.451. The van der Waals surface area contributed by atoms with Gasteiger partial charge in [0.1, 0.15) is 5.82 Å². The van der Waals surface area contributed by atoms with Crippen LogP contribution in [0.3, 0.4) is 0 Å².